The molecule has 5 heterocycles. The molecule has 0 radical (unpaired) electrons. The topological polar surface area (TPSA) is 58.4 Å². The van der Waals surface area contributed by atoms with Gasteiger partial charge < -0.3 is 18.3 Å². The fourth-order valence-electron chi connectivity index (χ4n) is 12.1. The molecule has 0 unspecified atom stereocenters. The average molecular weight is 970 g/mol. The standard InChI is InChI=1S/C69H43N7/c1-3-18-44(19-4-1)67-70-68(45-20-5-2-6-21-45)72-69(71-67)46-22-17-23-47(40-46)73-63-33-16-11-28-55(63)56-41-48(34-37-64(56)73)76-65-38-35-49(74-59-29-12-7-24-51(59)52-25-8-13-30-60(52)74)42-57(65)58-43-50(36-39-66(58)76)75-61-31-14-9-26-53(61)54-27-10-15-32-62(54)75/h1-43H. The number of benzene rings is 11. The SMILES string of the molecule is c1ccc(-c2nc(-c3ccccc3)nc(-c3cccc(-n4c5ccccc5c5cc(-n6c7ccc(-n8c9ccccc9c9ccccc98)cc7c7cc(-n8c9ccccc9c9ccccc98)ccc76)ccc54)c3)n2)cc1. The third-order valence-corrected chi connectivity index (χ3v) is 15.4. The zero-order valence-electron chi connectivity index (χ0n) is 41.0. The predicted octanol–water partition coefficient (Wildman–Crippen LogP) is 17.3. The van der Waals surface area contributed by atoms with Crippen molar-refractivity contribution in [2.75, 3.05) is 0 Å². The quantitative estimate of drug-likeness (QED) is 0.160. The lowest BCUT2D eigenvalue weighted by molar-refractivity contribution is 1.07. The van der Waals surface area contributed by atoms with Gasteiger partial charge in [0.25, 0.3) is 0 Å². The normalized spacial score (nSPS) is 11.9. The first-order valence-electron chi connectivity index (χ1n) is 25.8. The van der Waals surface area contributed by atoms with E-state index in [9.17, 15) is 0 Å². The highest BCUT2D eigenvalue weighted by molar-refractivity contribution is 6.15. The van der Waals surface area contributed by atoms with Crippen LogP contribution in [0.4, 0.5) is 0 Å². The molecule has 16 aromatic rings. The number of para-hydroxylation sites is 5. The van der Waals surface area contributed by atoms with Gasteiger partial charge in [0.15, 0.2) is 17.5 Å². The summed E-state index contributed by atoms with van der Waals surface area (Å²) in [5, 5.41) is 9.67. The van der Waals surface area contributed by atoms with Gasteiger partial charge in [-0.1, -0.05) is 164 Å². The zero-order chi connectivity index (χ0) is 49.8. The Hall–Kier alpha value is -10.4. The Kier molecular flexibility index (Phi) is 9.20. The highest BCUT2D eigenvalue weighted by Crippen LogP contribution is 2.42. The summed E-state index contributed by atoms with van der Waals surface area (Å²) in [7, 11) is 0. The van der Waals surface area contributed by atoms with Crippen LogP contribution >= 0.6 is 0 Å². The van der Waals surface area contributed by atoms with Crippen molar-refractivity contribution in [3.05, 3.63) is 261 Å². The molecular weight excluding hydrogens is 927 g/mol. The lowest BCUT2D eigenvalue weighted by atomic mass is 10.1. The number of rotatable bonds is 7. The first-order valence-corrected chi connectivity index (χ1v) is 25.8. The number of hydrogen-bond acceptors (Lipinski definition) is 3. The Balaban J connectivity index is 0.897. The summed E-state index contributed by atoms with van der Waals surface area (Å²) >= 11 is 0. The molecule has 0 aliphatic carbocycles. The predicted molar refractivity (Wildman–Crippen MR) is 313 cm³/mol. The van der Waals surface area contributed by atoms with Gasteiger partial charge in [-0.3, -0.25) is 0 Å². The van der Waals surface area contributed by atoms with E-state index in [2.05, 4.69) is 218 Å². The lowest BCUT2D eigenvalue weighted by Gasteiger charge is -2.13. The van der Waals surface area contributed by atoms with E-state index in [-0.39, 0.29) is 0 Å². The molecule has 0 N–H and O–H groups in total. The van der Waals surface area contributed by atoms with Gasteiger partial charge in [-0.2, -0.15) is 0 Å². The number of aromatic nitrogens is 7. The molecular formula is C69H43N7. The molecule has 5 aromatic heterocycles. The Morgan fingerprint density at radius 1 is 0.184 bits per heavy atom. The van der Waals surface area contributed by atoms with Crippen molar-refractivity contribution in [2.45, 2.75) is 0 Å². The second-order valence-electron chi connectivity index (χ2n) is 19.6. The molecule has 0 fully saturated rings. The van der Waals surface area contributed by atoms with E-state index in [1.165, 1.54) is 59.8 Å². The summed E-state index contributed by atoms with van der Waals surface area (Å²) in [6, 6.07) is 93.6. The molecule has 0 bridgehead atoms. The summed E-state index contributed by atoms with van der Waals surface area (Å²) in [6.45, 7) is 0. The summed E-state index contributed by atoms with van der Waals surface area (Å²) in [6.07, 6.45) is 0. The van der Waals surface area contributed by atoms with E-state index in [1.807, 2.05) is 60.7 Å². The van der Waals surface area contributed by atoms with Gasteiger partial charge >= 0.3 is 0 Å². The molecule has 0 aliphatic heterocycles. The number of fused-ring (bicyclic) bond motifs is 12. The van der Waals surface area contributed by atoms with Crippen molar-refractivity contribution in [2.24, 2.45) is 0 Å². The minimum atomic E-state index is 0.617. The number of nitrogens with zero attached hydrogens (tertiary/aromatic N) is 7. The van der Waals surface area contributed by atoms with E-state index in [1.54, 1.807) is 0 Å². The van der Waals surface area contributed by atoms with Gasteiger partial charge in [-0.05, 0) is 97.1 Å². The molecule has 7 heteroatoms. The average Bonchev–Trinajstić information content (AvgIpc) is 4.27. The van der Waals surface area contributed by atoms with Crippen LogP contribution in [0.2, 0.25) is 0 Å². The molecule has 16 rings (SSSR count). The first kappa shape index (κ1) is 42.2. The molecule has 0 saturated carbocycles. The maximum atomic E-state index is 5.09. The Morgan fingerprint density at radius 3 is 0.816 bits per heavy atom. The van der Waals surface area contributed by atoms with E-state index < -0.39 is 0 Å². The fraction of sp³-hybridized carbons (Fsp3) is 0. The van der Waals surface area contributed by atoms with Crippen molar-refractivity contribution in [3.8, 4) is 56.9 Å². The summed E-state index contributed by atoms with van der Waals surface area (Å²) in [5.41, 5.74) is 16.4. The Labute approximate surface area is 436 Å². The van der Waals surface area contributed by atoms with Crippen LogP contribution in [0.1, 0.15) is 0 Å². The van der Waals surface area contributed by atoms with Gasteiger partial charge in [0.05, 0.1) is 44.1 Å². The van der Waals surface area contributed by atoms with Crippen LogP contribution in [0.15, 0.2) is 261 Å². The highest BCUT2D eigenvalue weighted by atomic mass is 15.0. The van der Waals surface area contributed by atoms with Crippen LogP contribution in [0.5, 0.6) is 0 Å². The molecule has 354 valence electrons. The third kappa shape index (κ3) is 6.39. The van der Waals surface area contributed by atoms with E-state index >= 15 is 0 Å². The van der Waals surface area contributed by atoms with Crippen LogP contribution in [0.3, 0.4) is 0 Å². The Morgan fingerprint density at radius 2 is 0.447 bits per heavy atom. The van der Waals surface area contributed by atoms with Crippen molar-refractivity contribution in [1.82, 2.24) is 33.2 Å². The summed E-state index contributed by atoms with van der Waals surface area (Å²) < 4.78 is 9.67. The minimum Gasteiger partial charge on any atom is -0.309 e. The first-order chi connectivity index (χ1) is 37.7. The minimum absolute atomic E-state index is 0.617. The van der Waals surface area contributed by atoms with Crippen LogP contribution in [-0.2, 0) is 0 Å². The van der Waals surface area contributed by atoms with Gasteiger partial charge in [0.1, 0.15) is 0 Å². The maximum absolute atomic E-state index is 5.09. The van der Waals surface area contributed by atoms with Gasteiger partial charge in [-0.15, -0.1) is 0 Å². The highest BCUT2D eigenvalue weighted by Gasteiger charge is 2.21. The molecule has 0 aliphatic rings. The van der Waals surface area contributed by atoms with Crippen molar-refractivity contribution >= 4 is 87.2 Å². The number of hydrogen-bond donors (Lipinski definition) is 0. The molecule has 7 nitrogen and oxygen atoms in total. The zero-order valence-corrected chi connectivity index (χ0v) is 41.0. The third-order valence-electron chi connectivity index (χ3n) is 15.4. The van der Waals surface area contributed by atoms with Crippen molar-refractivity contribution in [1.29, 1.82) is 0 Å². The lowest BCUT2D eigenvalue weighted by Crippen LogP contribution is -2.01. The second-order valence-corrected chi connectivity index (χ2v) is 19.6. The van der Waals surface area contributed by atoms with E-state index in [4.69, 9.17) is 15.0 Å². The fourth-order valence-corrected chi connectivity index (χ4v) is 12.1. The van der Waals surface area contributed by atoms with Crippen LogP contribution in [0.25, 0.3) is 144 Å². The van der Waals surface area contributed by atoms with Gasteiger partial charge in [0.2, 0.25) is 0 Å². The van der Waals surface area contributed by atoms with Crippen molar-refractivity contribution in [3.63, 3.8) is 0 Å². The van der Waals surface area contributed by atoms with Gasteiger partial charge in [-0.25, -0.2) is 15.0 Å². The largest absolute Gasteiger partial charge is 0.309 e. The molecule has 76 heavy (non-hydrogen) atoms. The monoisotopic (exact) mass is 969 g/mol. The molecule has 11 aromatic carbocycles. The van der Waals surface area contributed by atoms with E-state index in [0.717, 1.165) is 66.9 Å². The molecule has 0 spiro atoms. The van der Waals surface area contributed by atoms with Crippen molar-refractivity contribution < 1.29 is 0 Å². The van der Waals surface area contributed by atoms with Crippen LogP contribution < -0.4 is 0 Å². The summed E-state index contributed by atoms with van der Waals surface area (Å²) in [4.78, 5) is 15.1. The van der Waals surface area contributed by atoms with Gasteiger partial charge in [0, 0.05) is 82.5 Å². The Bertz CT molecular complexity index is 4660. The van der Waals surface area contributed by atoms with Crippen LogP contribution in [0, 0.1) is 0 Å². The second kappa shape index (κ2) is 16.6. The smallest absolute Gasteiger partial charge is 0.164 e. The van der Waals surface area contributed by atoms with E-state index in [0.29, 0.717) is 17.5 Å². The molecule has 0 atom stereocenters. The molecule has 0 amide bonds. The molecule has 0 saturated heterocycles. The summed E-state index contributed by atoms with van der Waals surface area (Å²) in [5.74, 6) is 1.89. The van der Waals surface area contributed by atoms with Crippen LogP contribution in [-0.4, -0.2) is 33.2 Å². The maximum Gasteiger partial charge on any atom is 0.164 e.